The van der Waals surface area contributed by atoms with Crippen molar-refractivity contribution in [3.63, 3.8) is 0 Å². The van der Waals surface area contributed by atoms with E-state index in [2.05, 4.69) is 0 Å². The molecule has 3 N–H and O–H groups in total. The molecule has 1 aromatic rings. The predicted octanol–water partition coefficient (Wildman–Crippen LogP) is 1.48. The average molecular weight is 237 g/mol. The van der Waals surface area contributed by atoms with Crippen molar-refractivity contribution in [1.29, 1.82) is 0 Å². The Morgan fingerprint density at radius 2 is 2.18 bits per heavy atom. The lowest BCUT2D eigenvalue weighted by Gasteiger charge is -2.14. The van der Waals surface area contributed by atoms with E-state index in [9.17, 15) is 0 Å². The van der Waals surface area contributed by atoms with Crippen LogP contribution in [-0.2, 0) is 0 Å². The van der Waals surface area contributed by atoms with Gasteiger partial charge in [0.05, 0.1) is 26.4 Å². The van der Waals surface area contributed by atoms with Crippen molar-refractivity contribution in [3.8, 4) is 11.5 Å². The summed E-state index contributed by atoms with van der Waals surface area (Å²) in [6, 6.07) is 5.17. The van der Waals surface area contributed by atoms with Gasteiger partial charge in [-0.25, -0.2) is 0 Å². The maximum Gasteiger partial charge on any atom is 0.161 e. The first kappa shape index (κ1) is 12.2. The zero-order chi connectivity index (χ0) is 12.3. The largest absolute Gasteiger partial charge is 0.493 e. The molecule has 0 amide bonds. The number of rotatable bonds is 6. The first-order valence-electron chi connectivity index (χ1n) is 5.91. The molecule has 94 valence electrons. The molecule has 0 radical (unpaired) electrons. The molecule has 1 aromatic carbocycles. The number of nitrogens with two attached hydrogens (primary N) is 1. The van der Waals surface area contributed by atoms with Gasteiger partial charge in [0.2, 0.25) is 0 Å². The predicted molar refractivity (Wildman–Crippen MR) is 65.2 cm³/mol. The summed E-state index contributed by atoms with van der Waals surface area (Å²) >= 11 is 0. The van der Waals surface area contributed by atoms with E-state index in [4.69, 9.17) is 20.3 Å². The van der Waals surface area contributed by atoms with E-state index in [0.29, 0.717) is 11.7 Å². The Bertz CT molecular complexity index is 377. The molecule has 1 aliphatic carbocycles. The number of hydrogen-bond donors (Lipinski definition) is 2. The van der Waals surface area contributed by atoms with E-state index < -0.39 is 0 Å². The third-order valence-corrected chi connectivity index (χ3v) is 2.98. The summed E-state index contributed by atoms with van der Waals surface area (Å²) in [5.74, 6) is 2.12. The summed E-state index contributed by atoms with van der Waals surface area (Å²) in [7, 11) is 1.60. The van der Waals surface area contributed by atoms with Crippen LogP contribution in [-0.4, -0.2) is 25.4 Å². The molecule has 0 heterocycles. The Labute approximate surface area is 101 Å². The molecule has 0 aromatic heterocycles. The summed E-state index contributed by atoms with van der Waals surface area (Å²) in [4.78, 5) is 0. The molecule has 1 atom stereocenters. The Morgan fingerprint density at radius 3 is 2.76 bits per heavy atom. The molecule has 0 spiro atoms. The minimum Gasteiger partial charge on any atom is -0.493 e. The second-order valence-electron chi connectivity index (χ2n) is 4.45. The maximum absolute atomic E-state index is 9.01. The summed E-state index contributed by atoms with van der Waals surface area (Å²) in [5.41, 5.74) is 6.60. The number of methoxy groups -OCH3 is 1. The number of hydrogen-bond acceptors (Lipinski definition) is 4. The van der Waals surface area contributed by atoms with Crippen LogP contribution in [0.15, 0.2) is 18.2 Å². The Hall–Kier alpha value is -1.26. The zero-order valence-corrected chi connectivity index (χ0v) is 10.1. The first-order chi connectivity index (χ1) is 8.24. The molecular weight excluding hydrogens is 218 g/mol. The third-order valence-electron chi connectivity index (χ3n) is 2.98. The van der Waals surface area contributed by atoms with Gasteiger partial charge in [-0.1, -0.05) is 6.07 Å². The molecule has 4 heteroatoms. The van der Waals surface area contributed by atoms with Crippen molar-refractivity contribution >= 4 is 0 Å². The highest BCUT2D eigenvalue weighted by Gasteiger charge is 2.22. The normalized spacial score (nSPS) is 16.6. The first-order valence-corrected chi connectivity index (χ1v) is 5.91. The highest BCUT2D eigenvalue weighted by atomic mass is 16.5. The molecule has 4 nitrogen and oxygen atoms in total. The quantitative estimate of drug-likeness (QED) is 0.786. The minimum absolute atomic E-state index is 0.0779. The second kappa shape index (κ2) is 5.38. The van der Waals surface area contributed by atoms with Crippen LogP contribution < -0.4 is 15.2 Å². The monoisotopic (exact) mass is 237 g/mol. The van der Waals surface area contributed by atoms with Gasteiger partial charge < -0.3 is 20.3 Å². The van der Waals surface area contributed by atoms with Crippen molar-refractivity contribution in [2.75, 3.05) is 20.3 Å². The molecule has 0 bridgehead atoms. The summed E-state index contributed by atoms with van der Waals surface area (Å²) in [5, 5.41) is 9.01. The van der Waals surface area contributed by atoms with Crippen LogP contribution in [0.4, 0.5) is 0 Å². The van der Waals surface area contributed by atoms with Gasteiger partial charge in [-0.05, 0) is 36.5 Å². The van der Waals surface area contributed by atoms with Gasteiger partial charge in [-0.2, -0.15) is 0 Å². The van der Waals surface area contributed by atoms with Crippen molar-refractivity contribution in [3.05, 3.63) is 23.8 Å². The second-order valence-corrected chi connectivity index (χ2v) is 4.45. The molecule has 0 saturated heterocycles. The molecule has 17 heavy (non-hydrogen) atoms. The molecule has 1 saturated carbocycles. The van der Waals surface area contributed by atoms with E-state index in [1.807, 2.05) is 18.2 Å². The Balaban J connectivity index is 2.09. The lowest BCUT2D eigenvalue weighted by atomic mass is 10.1. The third kappa shape index (κ3) is 3.11. The summed E-state index contributed by atoms with van der Waals surface area (Å²) in [6.45, 7) is 0.674. The number of aliphatic hydroxyl groups is 1. The van der Waals surface area contributed by atoms with Crippen LogP contribution in [0, 0.1) is 5.92 Å². The molecule has 1 fully saturated rings. The van der Waals surface area contributed by atoms with Gasteiger partial charge in [-0.15, -0.1) is 0 Å². The van der Waals surface area contributed by atoms with E-state index in [1.165, 1.54) is 12.8 Å². The van der Waals surface area contributed by atoms with Crippen molar-refractivity contribution in [1.82, 2.24) is 0 Å². The zero-order valence-electron chi connectivity index (χ0n) is 10.1. The highest BCUT2D eigenvalue weighted by molar-refractivity contribution is 5.43. The van der Waals surface area contributed by atoms with Gasteiger partial charge in [0, 0.05) is 0 Å². The van der Waals surface area contributed by atoms with Crippen LogP contribution in [0.3, 0.4) is 0 Å². The van der Waals surface area contributed by atoms with Crippen LogP contribution in [0.2, 0.25) is 0 Å². The fraction of sp³-hybridized carbons (Fsp3) is 0.538. The van der Waals surface area contributed by atoms with E-state index in [0.717, 1.165) is 17.9 Å². The Kier molecular flexibility index (Phi) is 3.86. The lowest BCUT2D eigenvalue weighted by Crippen LogP contribution is -2.14. The number of aliphatic hydroxyl groups excluding tert-OH is 1. The smallest absolute Gasteiger partial charge is 0.161 e. The summed E-state index contributed by atoms with van der Waals surface area (Å²) in [6.07, 6.45) is 2.52. The SMILES string of the molecule is COc1cc(C(N)CO)ccc1OCC1CC1. The highest BCUT2D eigenvalue weighted by Crippen LogP contribution is 2.33. The Morgan fingerprint density at radius 1 is 1.41 bits per heavy atom. The molecule has 0 aliphatic heterocycles. The summed E-state index contributed by atoms with van der Waals surface area (Å²) < 4.78 is 11.0. The van der Waals surface area contributed by atoms with Gasteiger partial charge in [-0.3, -0.25) is 0 Å². The fourth-order valence-corrected chi connectivity index (χ4v) is 1.63. The van der Waals surface area contributed by atoms with Crippen molar-refractivity contribution in [2.24, 2.45) is 11.7 Å². The molecule has 2 rings (SSSR count). The topological polar surface area (TPSA) is 64.7 Å². The van der Waals surface area contributed by atoms with Crippen LogP contribution >= 0.6 is 0 Å². The minimum atomic E-state index is -0.374. The van der Waals surface area contributed by atoms with Crippen LogP contribution in [0.5, 0.6) is 11.5 Å². The van der Waals surface area contributed by atoms with Gasteiger partial charge in [0.15, 0.2) is 11.5 Å². The number of benzene rings is 1. The van der Waals surface area contributed by atoms with Crippen molar-refractivity contribution in [2.45, 2.75) is 18.9 Å². The van der Waals surface area contributed by atoms with E-state index in [1.54, 1.807) is 7.11 Å². The van der Waals surface area contributed by atoms with Gasteiger partial charge in [0.25, 0.3) is 0 Å². The van der Waals surface area contributed by atoms with Gasteiger partial charge in [0.1, 0.15) is 0 Å². The van der Waals surface area contributed by atoms with Crippen molar-refractivity contribution < 1.29 is 14.6 Å². The fourth-order valence-electron chi connectivity index (χ4n) is 1.63. The number of ether oxygens (including phenoxy) is 2. The van der Waals surface area contributed by atoms with Gasteiger partial charge >= 0.3 is 0 Å². The lowest BCUT2D eigenvalue weighted by molar-refractivity contribution is 0.265. The maximum atomic E-state index is 9.01. The van der Waals surface area contributed by atoms with Crippen LogP contribution in [0.25, 0.3) is 0 Å². The van der Waals surface area contributed by atoms with Crippen LogP contribution in [0.1, 0.15) is 24.4 Å². The van der Waals surface area contributed by atoms with E-state index >= 15 is 0 Å². The molecule has 1 unspecified atom stereocenters. The molecule has 1 aliphatic rings. The standard InChI is InChI=1S/C13H19NO3/c1-16-13-6-10(11(14)7-15)4-5-12(13)17-8-9-2-3-9/h4-6,9,11,15H,2-3,7-8,14H2,1H3. The molecular formula is C13H19NO3. The van der Waals surface area contributed by atoms with E-state index in [-0.39, 0.29) is 12.6 Å². The average Bonchev–Trinajstić information content (AvgIpc) is 3.19.